The molecule has 0 aliphatic heterocycles. The van der Waals surface area contributed by atoms with E-state index in [1.54, 1.807) is 0 Å². The second-order valence-electron chi connectivity index (χ2n) is 4.94. The summed E-state index contributed by atoms with van der Waals surface area (Å²) in [6.45, 7) is 10.8. The largest absolute Gasteiger partial charge is 0.370 e. The molecule has 0 saturated carbocycles. The molecule has 0 aromatic carbocycles. The molecule has 0 radical (unpaired) electrons. The molecule has 5 N–H and O–H groups in total. The van der Waals surface area contributed by atoms with Gasteiger partial charge in [-0.05, 0) is 31.7 Å². The van der Waals surface area contributed by atoms with E-state index in [0.717, 1.165) is 19.5 Å². The zero-order chi connectivity index (χ0) is 11.9. The van der Waals surface area contributed by atoms with Gasteiger partial charge in [0.15, 0.2) is 5.96 Å². The first kappa shape index (κ1) is 14.2. The Morgan fingerprint density at radius 1 is 1.47 bits per heavy atom. The summed E-state index contributed by atoms with van der Waals surface area (Å²) >= 11 is 0. The Morgan fingerprint density at radius 2 is 2.07 bits per heavy atom. The minimum absolute atomic E-state index is 0.0522. The number of hydrogen-bond acceptors (Lipinski definition) is 2. The molecule has 0 spiro atoms. The molecule has 0 heterocycles. The first-order chi connectivity index (χ1) is 6.87. The molecule has 0 aromatic heterocycles. The lowest BCUT2D eigenvalue weighted by atomic mass is 9.90. The van der Waals surface area contributed by atoms with E-state index in [1.165, 1.54) is 6.42 Å². The van der Waals surface area contributed by atoms with Gasteiger partial charge in [0.1, 0.15) is 0 Å². The van der Waals surface area contributed by atoms with Crippen LogP contribution in [0.2, 0.25) is 0 Å². The average Bonchev–Trinajstić information content (AvgIpc) is 2.11. The second-order valence-corrected chi connectivity index (χ2v) is 4.94. The molecule has 0 unspecified atom stereocenters. The van der Waals surface area contributed by atoms with E-state index in [1.807, 2.05) is 6.92 Å². The van der Waals surface area contributed by atoms with Gasteiger partial charge in [-0.3, -0.25) is 5.41 Å². The fourth-order valence-electron chi connectivity index (χ4n) is 1.21. The first-order valence-electron chi connectivity index (χ1n) is 5.68. The van der Waals surface area contributed by atoms with Crippen molar-refractivity contribution in [2.75, 3.05) is 13.1 Å². The van der Waals surface area contributed by atoms with Gasteiger partial charge in [0, 0.05) is 12.6 Å². The van der Waals surface area contributed by atoms with E-state index in [9.17, 15) is 0 Å². The highest BCUT2D eigenvalue weighted by Crippen LogP contribution is 2.17. The van der Waals surface area contributed by atoms with Gasteiger partial charge in [0.25, 0.3) is 0 Å². The molecule has 4 heteroatoms. The van der Waals surface area contributed by atoms with Gasteiger partial charge in [0.05, 0.1) is 0 Å². The standard InChI is InChI=1S/C11H26N4/c1-5-11(3,4)8-14-7-6-9(2)15-10(12)13/h9,14H,5-8H2,1-4H3,(H4,12,13,15)/t9-/m0/s1. The Morgan fingerprint density at radius 3 is 2.53 bits per heavy atom. The predicted octanol–water partition coefficient (Wildman–Crippen LogP) is 1.27. The van der Waals surface area contributed by atoms with Crippen molar-refractivity contribution in [3.63, 3.8) is 0 Å². The second kappa shape index (κ2) is 6.67. The molecule has 0 amide bonds. The van der Waals surface area contributed by atoms with Crippen molar-refractivity contribution in [3.05, 3.63) is 0 Å². The Bertz CT molecular complexity index is 189. The van der Waals surface area contributed by atoms with E-state index in [4.69, 9.17) is 11.1 Å². The van der Waals surface area contributed by atoms with Crippen molar-refractivity contribution in [3.8, 4) is 0 Å². The zero-order valence-corrected chi connectivity index (χ0v) is 10.5. The fourth-order valence-corrected chi connectivity index (χ4v) is 1.21. The van der Waals surface area contributed by atoms with Crippen LogP contribution in [-0.4, -0.2) is 25.1 Å². The molecule has 90 valence electrons. The summed E-state index contributed by atoms with van der Waals surface area (Å²) < 4.78 is 0. The maximum atomic E-state index is 7.08. The highest BCUT2D eigenvalue weighted by molar-refractivity contribution is 5.74. The SMILES string of the molecule is CCC(C)(C)CNCC[C@H](C)NC(=N)N. The molecular weight excluding hydrogens is 188 g/mol. The highest BCUT2D eigenvalue weighted by atomic mass is 15.1. The summed E-state index contributed by atoms with van der Waals surface area (Å²) in [5.41, 5.74) is 5.61. The van der Waals surface area contributed by atoms with Crippen molar-refractivity contribution in [2.24, 2.45) is 11.1 Å². The van der Waals surface area contributed by atoms with E-state index in [-0.39, 0.29) is 12.0 Å². The maximum Gasteiger partial charge on any atom is 0.185 e. The highest BCUT2D eigenvalue weighted by Gasteiger charge is 2.13. The normalized spacial score (nSPS) is 13.6. The van der Waals surface area contributed by atoms with Gasteiger partial charge >= 0.3 is 0 Å². The molecule has 1 atom stereocenters. The third kappa shape index (κ3) is 8.24. The summed E-state index contributed by atoms with van der Waals surface area (Å²) in [5, 5.41) is 13.4. The van der Waals surface area contributed by atoms with Gasteiger partial charge in [-0.2, -0.15) is 0 Å². The Hall–Kier alpha value is -0.770. The summed E-state index contributed by atoms with van der Waals surface area (Å²) in [5.74, 6) is 0.0522. The molecule has 4 nitrogen and oxygen atoms in total. The molecule has 0 fully saturated rings. The molecule has 0 aliphatic carbocycles. The summed E-state index contributed by atoms with van der Waals surface area (Å²) in [6, 6.07) is 0.264. The van der Waals surface area contributed by atoms with Crippen molar-refractivity contribution in [2.45, 2.75) is 46.6 Å². The minimum Gasteiger partial charge on any atom is -0.370 e. The van der Waals surface area contributed by atoms with Crippen LogP contribution < -0.4 is 16.4 Å². The van der Waals surface area contributed by atoms with E-state index < -0.39 is 0 Å². The number of nitrogens with one attached hydrogen (secondary N) is 3. The van der Waals surface area contributed by atoms with Crippen LogP contribution in [0.15, 0.2) is 0 Å². The minimum atomic E-state index is 0.0522. The van der Waals surface area contributed by atoms with Crippen molar-refractivity contribution in [1.82, 2.24) is 10.6 Å². The quantitative estimate of drug-likeness (QED) is 0.293. The van der Waals surface area contributed by atoms with Gasteiger partial charge in [-0.25, -0.2) is 0 Å². The summed E-state index contributed by atoms with van der Waals surface area (Å²) in [6.07, 6.45) is 2.17. The number of hydrogen-bond donors (Lipinski definition) is 4. The van der Waals surface area contributed by atoms with Crippen LogP contribution in [0.25, 0.3) is 0 Å². The monoisotopic (exact) mass is 214 g/mol. The number of rotatable bonds is 7. The Labute approximate surface area is 93.5 Å². The molecule has 0 aromatic rings. The molecule has 0 aliphatic rings. The van der Waals surface area contributed by atoms with Gasteiger partial charge in [-0.1, -0.05) is 20.8 Å². The van der Waals surface area contributed by atoms with Crippen LogP contribution in [0.5, 0.6) is 0 Å². The Kier molecular flexibility index (Phi) is 6.32. The van der Waals surface area contributed by atoms with Crippen molar-refractivity contribution < 1.29 is 0 Å². The van der Waals surface area contributed by atoms with Crippen LogP contribution in [0.3, 0.4) is 0 Å². The van der Waals surface area contributed by atoms with E-state index in [0.29, 0.717) is 5.41 Å². The number of guanidine groups is 1. The molecule has 0 saturated heterocycles. The number of nitrogens with two attached hydrogens (primary N) is 1. The molecular formula is C11H26N4. The average molecular weight is 214 g/mol. The fraction of sp³-hybridized carbons (Fsp3) is 0.909. The topological polar surface area (TPSA) is 73.9 Å². The third-order valence-electron chi connectivity index (χ3n) is 2.72. The van der Waals surface area contributed by atoms with Crippen LogP contribution in [0.4, 0.5) is 0 Å². The van der Waals surface area contributed by atoms with Crippen LogP contribution in [-0.2, 0) is 0 Å². The van der Waals surface area contributed by atoms with Crippen LogP contribution in [0, 0.1) is 10.8 Å². The third-order valence-corrected chi connectivity index (χ3v) is 2.72. The maximum absolute atomic E-state index is 7.08. The lowest BCUT2D eigenvalue weighted by molar-refractivity contribution is 0.325. The van der Waals surface area contributed by atoms with Crippen LogP contribution in [0.1, 0.15) is 40.5 Å². The first-order valence-corrected chi connectivity index (χ1v) is 5.68. The van der Waals surface area contributed by atoms with Gasteiger partial charge in [0.2, 0.25) is 0 Å². The van der Waals surface area contributed by atoms with Gasteiger partial charge in [-0.15, -0.1) is 0 Å². The Balaban J connectivity index is 3.50. The summed E-state index contributed by atoms with van der Waals surface area (Å²) in [4.78, 5) is 0. The molecule has 15 heavy (non-hydrogen) atoms. The van der Waals surface area contributed by atoms with E-state index in [2.05, 4.69) is 31.4 Å². The van der Waals surface area contributed by atoms with Crippen molar-refractivity contribution >= 4 is 5.96 Å². The predicted molar refractivity (Wildman–Crippen MR) is 66.1 cm³/mol. The lowest BCUT2D eigenvalue weighted by Gasteiger charge is -2.23. The summed E-state index contributed by atoms with van der Waals surface area (Å²) in [7, 11) is 0. The lowest BCUT2D eigenvalue weighted by Crippen LogP contribution is -2.39. The molecule has 0 rings (SSSR count). The van der Waals surface area contributed by atoms with Gasteiger partial charge < -0.3 is 16.4 Å². The smallest absolute Gasteiger partial charge is 0.185 e. The van der Waals surface area contributed by atoms with Crippen LogP contribution >= 0.6 is 0 Å². The van der Waals surface area contributed by atoms with Crippen molar-refractivity contribution in [1.29, 1.82) is 5.41 Å². The van der Waals surface area contributed by atoms with E-state index >= 15 is 0 Å². The zero-order valence-electron chi connectivity index (χ0n) is 10.5. The molecule has 0 bridgehead atoms.